The number of rotatable bonds is 2. The number of hydrogen-bond donors (Lipinski definition) is 0. The molecule has 6 rings (SSSR count). The van der Waals surface area contributed by atoms with Crippen LogP contribution in [0.25, 0.3) is 22.2 Å². The monoisotopic (exact) mass is 480 g/mol. The molecule has 2 aromatic carbocycles. The lowest BCUT2D eigenvalue weighted by molar-refractivity contribution is 0.0968. The average molecular weight is 481 g/mol. The molecule has 5 nitrogen and oxygen atoms in total. The number of aryl methyl sites for hydroxylation is 2. The molecule has 2 aromatic heterocycles. The minimum absolute atomic E-state index is 0.356. The highest BCUT2D eigenvalue weighted by atomic mass is 35.5. The van der Waals surface area contributed by atoms with E-state index in [9.17, 15) is 4.39 Å². The van der Waals surface area contributed by atoms with E-state index in [1.165, 1.54) is 38.2 Å². The molecule has 1 aliphatic heterocycles. The quantitative estimate of drug-likeness (QED) is 0.306. The Hall–Kier alpha value is -2.83. The molecule has 2 fully saturated rings. The van der Waals surface area contributed by atoms with Crippen molar-refractivity contribution in [2.45, 2.75) is 52.0 Å². The number of halogens is 2. The highest BCUT2D eigenvalue weighted by molar-refractivity contribution is 6.30. The Labute approximate surface area is 205 Å². The number of benzene rings is 2. The molecule has 0 N–H and O–H groups in total. The Balaban J connectivity index is 0.000000158. The van der Waals surface area contributed by atoms with E-state index >= 15 is 0 Å². The van der Waals surface area contributed by atoms with Gasteiger partial charge in [-0.15, -0.1) is 0 Å². The fourth-order valence-corrected chi connectivity index (χ4v) is 3.86. The van der Waals surface area contributed by atoms with Crippen LogP contribution in [0, 0.1) is 19.7 Å². The Morgan fingerprint density at radius 3 is 2.29 bits per heavy atom. The van der Waals surface area contributed by atoms with Gasteiger partial charge in [0.1, 0.15) is 5.82 Å². The summed E-state index contributed by atoms with van der Waals surface area (Å²) in [5, 5.41) is 4.47. The van der Waals surface area contributed by atoms with E-state index in [0.717, 1.165) is 41.7 Å². The fraction of sp³-hybridized carbons (Fsp3) is 0.370. The van der Waals surface area contributed by atoms with Crippen LogP contribution in [0.2, 0.25) is 5.02 Å². The first kappa shape index (κ1) is 24.3. The third-order valence-electron chi connectivity index (χ3n) is 5.85. The van der Waals surface area contributed by atoms with Gasteiger partial charge < -0.3 is 4.74 Å². The Kier molecular flexibility index (Phi) is 8.25. The summed E-state index contributed by atoms with van der Waals surface area (Å²) >= 11 is 5.80. The zero-order valence-electron chi connectivity index (χ0n) is 19.7. The maximum atomic E-state index is 14.1. The summed E-state index contributed by atoms with van der Waals surface area (Å²) in [6.07, 6.45) is 10.4. The molecular weight excluding hydrogens is 451 g/mol. The van der Waals surface area contributed by atoms with Crippen molar-refractivity contribution < 1.29 is 9.13 Å². The lowest BCUT2D eigenvalue weighted by atomic mass is 10.0. The van der Waals surface area contributed by atoms with Crippen molar-refractivity contribution in [3.63, 3.8) is 0 Å². The molecule has 2 aliphatic rings. The lowest BCUT2D eigenvalue weighted by Crippen LogP contribution is -2.03. The molecular formula is C27H30ClFN4O. The molecule has 0 radical (unpaired) electrons. The zero-order valence-corrected chi connectivity index (χ0v) is 20.4. The van der Waals surface area contributed by atoms with Crippen LogP contribution in [0.3, 0.4) is 0 Å². The van der Waals surface area contributed by atoms with Crippen LogP contribution in [-0.2, 0) is 4.74 Å². The average Bonchev–Trinajstić information content (AvgIpc) is 3.55. The third kappa shape index (κ3) is 6.39. The van der Waals surface area contributed by atoms with Crippen LogP contribution >= 0.6 is 11.6 Å². The minimum atomic E-state index is -0.356. The predicted octanol–water partition coefficient (Wildman–Crippen LogP) is 7.11. The van der Waals surface area contributed by atoms with Crippen molar-refractivity contribution in [3.8, 4) is 11.1 Å². The summed E-state index contributed by atoms with van der Waals surface area (Å²) in [7, 11) is 0. The van der Waals surface area contributed by atoms with Gasteiger partial charge in [0, 0.05) is 41.8 Å². The van der Waals surface area contributed by atoms with Crippen molar-refractivity contribution in [2.75, 3.05) is 13.2 Å². The first-order valence-corrected chi connectivity index (χ1v) is 12.2. The Morgan fingerprint density at radius 2 is 1.71 bits per heavy atom. The molecule has 34 heavy (non-hydrogen) atoms. The van der Waals surface area contributed by atoms with Gasteiger partial charge in [0.15, 0.2) is 0 Å². The maximum Gasteiger partial charge on any atom is 0.132 e. The summed E-state index contributed by atoms with van der Waals surface area (Å²) in [6.45, 7) is 5.81. The van der Waals surface area contributed by atoms with Gasteiger partial charge in [-0.05, 0) is 76.3 Å². The molecule has 0 bridgehead atoms. The van der Waals surface area contributed by atoms with Crippen LogP contribution in [-0.4, -0.2) is 33.0 Å². The largest absolute Gasteiger partial charge is 0.381 e. The molecule has 3 heterocycles. The first-order chi connectivity index (χ1) is 16.5. The van der Waals surface area contributed by atoms with E-state index in [4.69, 9.17) is 16.3 Å². The van der Waals surface area contributed by atoms with Crippen molar-refractivity contribution in [1.29, 1.82) is 0 Å². The minimum Gasteiger partial charge on any atom is -0.381 e. The lowest BCUT2D eigenvalue weighted by Gasteiger charge is -2.09. The Morgan fingerprint density at radius 1 is 0.941 bits per heavy atom. The summed E-state index contributed by atoms with van der Waals surface area (Å²) < 4.78 is 21.2. The van der Waals surface area contributed by atoms with E-state index < -0.39 is 0 Å². The van der Waals surface area contributed by atoms with Gasteiger partial charge in [-0.3, -0.25) is 4.68 Å². The van der Waals surface area contributed by atoms with E-state index in [0.29, 0.717) is 16.1 Å². The predicted molar refractivity (Wildman–Crippen MR) is 135 cm³/mol. The number of nitrogens with zero attached hydrogens (tertiary/aromatic N) is 4. The van der Waals surface area contributed by atoms with Gasteiger partial charge in [-0.1, -0.05) is 23.7 Å². The van der Waals surface area contributed by atoms with Crippen LogP contribution in [0.5, 0.6) is 0 Å². The summed E-state index contributed by atoms with van der Waals surface area (Å²) in [5.41, 5.74) is 4.41. The molecule has 1 saturated heterocycles. The third-order valence-corrected chi connectivity index (χ3v) is 6.09. The second kappa shape index (κ2) is 11.5. The number of ether oxygens (including phenoxy) is 1. The maximum absolute atomic E-state index is 14.1. The molecule has 0 atom stereocenters. The Bertz CT molecular complexity index is 1210. The molecule has 1 saturated carbocycles. The fourth-order valence-electron chi connectivity index (χ4n) is 3.70. The van der Waals surface area contributed by atoms with E-state index in [1.807, 2.05) is 55.2 Å². The van der Waals surface area contributed by atoms with Crippen molar-refractivity contribution >= 4 is 22.6 Å². The molecule has 4 aromatic rings. The van der Waals surface area contributed by atoms with Crippen LogP contribution < -0.4 is 0 Å². The highest BCUT2D eigenvalue weighted by Crippen LogP contribution is 2.33. The first-order valence-electron chi connectivity index (χ1n) is 11.8. The van der Waals surface area contributed by atoms with Crippen LogP contribution in [0.1, 0.15) is 49.5 Å². The standard InChI is InChI=1S/C16H12ClFN2.C6H8N2.C5H10O/c1-9-10(2)20-16-13(4-3-5-15(16)19-9)12-7-6-11(17)8-14(12)18;1-4-7-8(5-1)6-2-3-6;1-2-4-6-5-3-1/h3-8H,1-2H3;1,4-6H,2-3H2;1-5H2. The van der Waals surface area contributed by atoms with Gasteiger partial charge in [0.05, 0.1) is 28.5 Å². The highest BCUT2D eigenvalue weighted by Gasteiger charge is 2.22. The van der Waals surface area contributed by atoms with Crippen molar-refractivity contribution in [2.24, 2.45) is 0 Å². The normalized spacial score (nSPS) is 15.2. The van der Waals surface area contributed by atoms with Gasteiger partial charge in [0.25, 0.3) is 0 Å². The number of hydrogen-bond acceptors (Lipinski definition) is 4. The second-order valence-electron chi connectivity index (χ2n) is 8.58. The van der Waals surface area contributed by atoms with Gasteiger partial charge in [0.2, 0.25) is 0 Å². The summed E-state index contributed by atoms with van der Waals surface area (Å²) in [4.78, 5) is 9.05. The SMILES string of the molecule is C1CCOCC1.Cc1nc2cccc(-c3ccc(Cl)cc3F)c2nc1C.c1cnn(C2CC2)c1. The van der Waals surface area contributed by atoms with Crippen LogP contribution in [0.4, 0.5) is 4.39 Å². The molecule has 178 valence electrons. The van der Waals surface area contributed by atoms with Gasteiger partial charge in [-0.2, -0.15) is 5.10 Å². The van der Waals surface area contributed by atoms with E-state index in [-0.39, 0.29) is 5.82 Å². The van der Waals surface area contributed by atoms with Crippen LogP contribution in [0.15, 0.2) is 54.9 Å². The van der Waals surface area contributed by atoms with E-state index in [2.05, 4.69) is 15.1 Å². The van der Waals surface area contributed by atoms with Gasteiger partial charge in [-0.25, -0.2) is 14.4 Å². The molecule has 0 spiro atoms. The smallest absolute Gasteiger partial charge is 0.132 e. The van der Waals surface area contributed by atoms with Crippen molar-refractivity contribution in [1.82, 2.24) is 19.7 Å². The summed E-state index contributed by atoms with van der Waals surface area (Å²) in [5.74, 6) is -0.356. The zero-order chi connectivity index (χ0) is 23.9. The molecule has 7 heteroatoms. The van der Waals surface area contributed by atoms with E-state index in [1.54, 1.807) is 12.1 Å². The number of para-hydroxylation sites is 1. The number of fused-ring (bicyclic) bond motifs is 1. The number of aromatic nitrogens is 4. The second-order valence-corrected chi connectivity index (χ2v) is 9.02. The topological polar surface area (TPSA) is 52.8 Å². The molecule has 0 amide bonds. The molecule has 1 aliphatic carbocycles. The molecule has 0 unspecified atom stereocenters. The van der Waals surface area contributed by atoms with Crippen molar-refractivity contribution in [3.05, 3.63) is 77.1 Å². The summed E-state index contributed by atoms with van der Waals surface area (Å²) in [6, 6.07) is 12.9. The van der Waals surface area contributed by atoms with Gasteiger partial charge >= 0.3 is 0 Å².